The Kier molecular flexibility index (Phi) is 9.85. The summed E-state index contributed by atoms with van der Waals surface area (Å²) in [6, 6.07) is 6.01. The first kappa shape index (κ1) is 19.3. The molecule has 1 aromatic rings. The molecule has 0 radical (unpaired) electrons. The summed E-state index contributed by atoms with van der Waals surface area (Å²) in [5.41, 5.74) is 1.22. The molecule has 0 aliphatic rings. The number of hydrogen-bond donors (Lipinski definition) is 0. The van der Waals surface area contributed by atoms with E-state index < -0.39 is 0 Å². The van der Waals surface area contributed by atoms with Crippen LogP contribution in [0.15, 0.2) is 30.4 Å². The smallest absolute Gasteiger partial charge is 0.160 e. The number of ketones is 1. The van der Waals surface area contributed by atoms with E-state index in [4.69, 9.17) is 9.47 Å². The summed E-state index contributed by atoms with van der Waals surface area (Å²) < 4.78 is 10.5. The molecule has 0 heterocycles. The molecule has 0 N–H and O–H groups in total. The monoisotopic (exact) mass is 318 g/mol. The van der Waals surface area contributed by atoms with Crippen LogP contribution >= 0.6 is 0 Å². The van der Waals surface area contributed by atoms with E-state index in [-0.39, 0.29) is 5.78 Å². The average molecular weight is 318 g/mol. The standard InChI is InChI=1S/C20H30O3/c1-4-5-6-9-12-18(21)13-10-7-8-11-17-14-15-19(22-2)20(16-17)23-3/h10,13-16H,4-9,11-12H2,1-3H3. The van der Waals surface area contributed by atoms with Gasteiger partial charge in [0.25, 0.3) is 0 Å². The minimum atomic E-state index is 0.257. The van der Waals surface area contributed by atoms with Crippen LogP contribution < -0.4 is 9.47 Å². The lowest BCUT2D eigenvalue weighted by Crippen LogP contribution is -1.93. The molecule has 0 unspecified atom stereocenters. The number of allylic oxidation sites excluding steroid dienone is 2. The van der Waals surface area contributed by atoms with Gasteiger partial charge in [0.15, 0.2) is 17.3 Å². The summed E-state index contributed by atoms with van der Waals surface area (Å²) in [6.45, 7) is 2.18. The number of hydrogen-bond acceptors (Lipinski definition) is 3. The van der Waals surface area contributed by atoms with E-state index in [0.717, 1.165) is 43.6 Å². The first-order valence-electron chi connectivity index (χ1n) is 8.61. The van der Waals surface area contributed by atoms with Gasteiger partial charge >= 0.3 is 0 Å². The van der Waals surface area contributed by atoms with Crippen LogP contribution in [0, 0.1) is 0 Å². The van der Waals surface area contributed by atoms with Crippen molar-refractivity contribution in [1.82, 2.24) is 0 Å². The van der Waals surface area contributed by atoms with Crippen LogP contribution in [0.4, 0.5) is 0 Å². The van der Waals surface area contributed by atoms with Gasteiger partial charge in [0.05, 0.1) is 14.2 Å². The van der Waals surface area contributed by atoms with Crippen molar-refractivity contribution >= 4 is 5.78 Å². The van der Waals surface area contributed by atoms with E-state index in [1.54, 1.807) is 20.3 Å². The fourth-order valence-corrected chi connectivity index (χ4v) is 2.48. The van der Waals surface area contributed by atoms with Gasteiger partial charge in [-0.25, -0.2) is 0 Å². The minimum Gasteiger partial charge on any atom is -0.493 e. The number of benzene rings is 1. The molecular weight excluding hydrogens is 288 g/mol. The Morgan fingerprint density at radius 1 is 1.04 bits per heavy atom. The predicted octanol–water partition coefficient (Wildman–Crippen LogP) is 5.12. The zero-order valence-corrected chi connectivity index (χ0v) is 14.8. The molecule has 0 atom stereocenters. The van der Waals surface area contributed by atoms with Crippen LogP contribution in [0.2, 0.25) is 0 Å². The largest absolute Gasteiger partial charge is 0.493 e. The van der Waals surface area contributed by atoms with E-state index in [1.165, 1.54) is 18.4 Å². The fraction of sp³-hybridized carbons (Fsp3) is 0.550. The molecule has 0 aliphatic carbocycles. The Morgan fingerprint density at radius 2 is 1.83 bits per heavy atom. The number of ether oxygens (including phenoxy) is 2. The highest BCUT2D eigenvalue weighted by molar-refractivity contribution is 5.89. The van der Waals surface area contributed by atoms with Crippen LogP contribution in [0.25, 0.3) is 0 Å². The van der Waals surface area contributed by atoms with Crippen molar-refractivity contribution in [2.24, 2.45) is 0 Å². The third-order valence-electron chi connectivity index (χ3n) is 3.86. The normalized spacial score (nSPS) is 10.9. The van der Waals surface area contributed by atoms with Crippen LogP contribution in [0.5, 0.6) is 11.5 Å². The minimum absolute atomic E-state index is 0.257. The van der Waals surface area contributed by atoms with Gasteiger partial charge in [0.1, 0.15) is 0 Å². The molecule has 128 valence electrons. The van der Waals surface area contributed by atoms with E-state index >= 15 is 0 Å². The van der Waals surface area contributed by atoms with E-state index in [2.05, 4.69) is 13.0 Å². The zero-order valence-electron chi connectivity index (χ0n) is 14.8. The molecule has 0 amide bonds. The molecule has 0 aromatic heterocycles. The maximum Gasteiger partial charge on any atom is 0.160 e. The van der Waals surface area contributed by atoms with E-state index in [1.807, 2.05) is 18.2 Å². The molecule has 23 heavy (non-hydrogen) atoms. The maximum atomic E-state index is 11.7. The third-order valence-corrected chi connectivity index (χ3v) is 3.86. The van der Waals surface area contributed by atoms with Crippen molar-refractivity contribution in [2.45, 2.75) is 58.3 Å². The number of methoxy groups -OCH3 is 2. The lowest BCUT2D eigenvalue weighted by Gasteiger charge is -2.09. The van der Waals surface area contributed by atoms with Gasteiger partial charge in [-0.05, 0) is 49.5 Å². The summed E-state index contributed by atoms with van der Waals surface area (Å²) in [6.07, 6.45) is 12.0. The number of aryl methyl sites for hydroxylation is 1. The van der Waals surface area contributed by atoms with Gasteiger partial charge in [-0.2, -0.15) is 0 Å². The average Bonchev–Trinajstić information content (AvgIpc) is 2.58. The van der Waals surface area contributed by atoms with Crippen molar-refractivity contribution in [3.63, 3.8) is 0 Å². The maximum absolute atomic E-state index is 11.7. The fourth-order valence-electron chi connectivity index (χ4n) is 2.48. The second-order valence-electron chi connectivity index (χ2n) is 5.76. The Labute approximate surface area is 140 Å². The predicted molar refractivity (Wildman–Crippen MR) is 95.4 cm³/mol. The van der Waals surface area contributed by atoms with Crippen LogP contribution in [0.3, 0.4) is 0 Å². The third kappa shape index (κ3) is 7.87. The van der Waals surface area contributed by atoms with Gasteiger partial charge in [-0.3, -0.25) is 4.79 Å². The van der Waals surface area contributed by atoms with Crippen molar-refractivity contribution in [3.8, 4) is 11.5 Å². The van der Waals surface area contributed by atoms with Gasteiger partial charge < -0.3 is 9.47 Å². The quantitative estimate of drug-likeness (QED) is 0.396. The van der Waals surface area contributed by atoms with Gasteiger partial charge in [0, 0.05) is 6.42 Å². The molecule has 1 aromatic carbocycles. The number of carbonyl (C=O) groups excluding carboxylic acids is 1. The second kappa shape index (κ2) is 11.8. The van der Waals surface area contributed by atoms with Crippen molar-refractivity contribution in [1.29, 1.82) is 0 Å². The Bertz CT molecular complexity index is 492. The van der Waals surface area contributed by atoms with Crippen LogP contribution in [0.1, 0.15) is 57.4 Å². The highest BCUT2D eigenvalue weighted by Gasteiger charge is 2.04. The van der Waals surface area contributed by atoms with Gasteiger partial charge in [0.2, 0.25) is 0 Å². The molecule has 0 fully saturated rings. The number of rotatable bonds is 12. The molecular formula is C20H30O3. The summed E-state index contributed by atoms with van der Waals surface area (Å²) in [4.78, 5) is 11.7. The van der Waals surface area contributed by atoms with Gasteiger partial charge in [-0.1, -0.05) is 38.3 Å². The molecule has 0 bridgehead atoms. The summed E-state index contributed by atoms with van der Waals surface area (Å²) in [5.74, 6) is 1.78. The van der Waals surface area contributed by atoms with E-state index in [0.29, 0.717) is 6.42 Å². The van der Waals surface area contributed by atoms with Crippen molar-refractivity contribution in [2.75, 3.05) is 14.2 Å². The SMILES string of the molecule is CCCCCCC(=O)C=CCCCc1ccc(OC)c(OC)c1. The highest BCUT2D eigenvalue weighted by Crippen LogP contribution is 2.28. The first-order valence-corrected chi connectivity index (χ1v) is 8.61. The van der Waals surface area contributed by atoms with E-state index in [9.17, 15) is 4.79 Å². The molecule has 0 saturated heterocycles. The Morgan fingerprint density at radius 3 is 2.52 bits per heavy atom. The lowest BCUT2D eigenvalue weighted by molar-refractivity contribution is -0.114. The van der Waals surface area contributed by atoms with Crippen LogP contribution in [-0.2, 0) is 11.2 Å². The Balaban J connectivity index is 2.26. The number of carbonyl (C=O) groups is 1. The molecule has 0 saturated carbocycles. The van der Waals surface area contributed by atoms with Gasteiger partial charge in [-0.15, -0.1) is 0 Å². The molecule has 0 aliphatic heterocycles. The highest BCUT2D eigenvalue weighted by atomic mass is 16.5. The van der Waals surface area contributed by atoms with Crippen LogP contribution in [-0.4, -0.2) is 20.0 Å². The summed E-state index contributed by atoms with van der Waals surface area (Å²) >= 11 is 0. The zero-order chi connectivity index (χ0) is 16.9. The molecule has 0 spiro atoms. The number of unbranched alkanes of at least 4 members (excludes halogenated alkanes) is 4. The van der Waals surface area contributed by atoms with Crippen molar-refractivity contribution in [3.05, 3.63) is 35.9 Å². The molecule has 3 nitrogen and oxygen atoms in total. The first-order chi connectivity index (χ1) is 11.2. The van der Waals surface area contributed by atoms with Crippen molar-refractivity contribution < 1.29 is 14.3 Å². The molecule has 3 heteroatoms. The topological polar surface area (TPSA) is 35.5 Å². The molecule has 1 rings (SSSR count). The Hall–Kier alpha value is -1.77. The second-order valence-corrected chi connectivity index (χ2v) is 5.76. The lowest BCUT2D eigenvalue weighted by atomic mass is 10.1. The summed E-state index contributed by atoms with van der Waals surface area (Å²) in [5, 5.41) is 0. The summed E-state index contributed by atoms with van der Waals surface area (Å²) in [7, 11) is 3.29.